The van der Waals surface area contributed by atoms with Gasteiger partial charge in [0.25, 0.3) is 0 Å². The summed E-state index contributed by atoms with van der Waals surface area (Å²) in [7, 11) is 2.06. The molecule has 0 aliphatic carbocycles. The molecule has 3 aromatic rings. The Morgan fingerprint density at radius 3 is 2.82 bits per heavy atom. The Bertz CT molecular complexity index is 1010. The highest BCUT2D eigenvalue weighted by molar-refractivity contribution is 6.31. The number of halogens is 2. The summed E-state index contributed by atoms with van der Waals surface area (Å²) >= 11 is 6.44. The van der Waals surface area contributed by atoms with Gasteiger partial charge in [-0.3, -0.25) is 4.98 Å². The van der Waals surface area contributed by atoms with Crippen LogP contribution in [0.3, 0.4) is 0 Å². The first-order valence-corrected chi connectivity index (χ1v) is 9.47. The molecule has 144 valence electrons. The Labute approximate surface area is 169 Å². The Hall–Kier alpha value is -2.79. The molecule has 0 amide bonds. The van der Waals surface area contributed by atoms with E-state index in [4.69, 9.17) is 16.3 Å². The van der Waals surface area contributed by atoms with Crippen molar-refractivity contribution in [2.75, 3.05) is 23.5 Å². The van der Waals surface area contributed by atoms with Crippen LogP contribution in [0.2, 0.25) is 5.02 Å². The maximum absolute atomic E-state index is 13.8. The average molecular weight is 398 g/mol. The number of aromatic nitrogens is 1. The highest BCUT2D eigenvalue weighted by atomic mass is 35.5. The molecular weight excluding hydrogens is 377 g/mol. The summed E-state index contributed by atoms with van der Waals surface area (Å²) in [5.74, 6) is 0.317. The number of hydrogen-bond acceptors (Lipinski definition) is 4. The first-order valence-electron chi connectivity index (χ1n) is 9.09. The highest BCUT2D eigenvalue weighted by Gasteiger charge is 2.23. The van der Waals surface area contributed by atoms with E-state index < -0.39 is 0 Å². The lowest BCUT2D eigenvalue weighted by atomic mass is 10.1. The van der Waals surface area contributed by atoms with E-state index in [1.54, 1.807) is 12.3 Å². The molecule has 0 radical (unpaired) electrons. The second-order valence-electron chi connectivity index (χ2n) is 6.94. The van der Waals surface area contributed by atoms with E-state index in [0.717, 1.165) is 40.7 Å². The van der Waals surface area contributed by atoms with Crippen molar-refractivity contribution in [1.82, 2.24) is 4.98 Å². The Balaban J connectivity index is 1.58. The molecule has 6 heteroatoms. The quantitative estimate of drug-likeness (QED) is 0.606. The van der Waals surface area contributed by atoms with E-state index in [0.29, 0.717) is 11.4 Å². The monoisotopic (exact) mass is 397 g/mol. The van der Waals surface area contributed by atoms with Crippen molar-refractivity contribution in [2.45, 2.75) is 20.1 Å². The van der Waals surface area contributed by atoms with Gasteiger partial charge in [0.1, 0.15) is 23.9 Å². The summed E-state index contributed by atoms with van der Waals surface area (Å²) in [4.78, 5) is 8.48. The third-order valence-electron chi connectivity index (χ3n) is 4.97. The molecule has 2 heterocycles. The van der Waals surface area contributed by atoms with Crippen LogP contribution < -0.4 is 14.5 Å². The molecule has 28 heavy (non-hydrogen) atoms. The van der Waals surface area contributed by atoms with Crippen molar-refractivity contribution in [3.63, 3.8) is 0 Å². The second kappa shape index (κ2) is 7.68. The van der Waals surface area contributed by atoms with Crippen molar-refractivity contribution >= 4 is 23.0 Å². The van der Waals surface area contributed by atoms with E-state index >= 15 is 0 Å². The molecule has 0 fully saturated rings. The summed E-state index contributed by atoms with van der Waals surface area (Å²) < 4.78 is 19.6. The first kappa shape index (κ1) is 18.6. The van der Waals surface area contributed by atoms with Crippen LogP contribution in [0.5, 0.6) is 5.75 Å². The second-order valence-corrected chi connectivity index (χ2v) is 7.35. The number of benzene rings is 2. The van der Waals surface area contributed by atoms with Crippen molar-refractivity contribution < 1.29 is 9.13 Å². The molecule has 2 aromatic carbocycles. The number of aryl methyl sites for hydroxylation is 1. The van der Waals surface area contributed by atoms with Crippen molar-refractivity contribution in [3.8, 4) is 5.75 Å². The molecule has 0 saturated carbocycles. The van der Waals surface area contributed by atoms with Crippen molar-refractivity contribution in [2.24, 2.45) is 0 Å². The molecule has 0 atom stereocenters. The largest absolute Gasteiger partial charge is 0.487 e. The van der Waals surface area contributed by atoms with E-state index in [-0.39, 0.29) is 12.4 Å². The number of ether oxygens (including phenoxy) is 1. The van der Waals surface area contributed by atoms with Gasteiger partial charge in [0.15, 0.2) is 0 Å². The minimum atomic E-state index is -0.362. The summed E-state index contributed by atoms with van der Waals surface area (Å²) in [6.45, 7) is 3.62. The predicted molar refractivity (Wildman–Crippen MR) is 111 cm³/mol. The molecule has 0 unspecified atom stereocenters. The van der Waals surface area contributed by atoms with Crippen LogP contribution >= 0.6 is 11.6 Å². The number of nitrogens with zero attached hydrogens (tertiary/aromatic N) is 3. The lowest BCUT2D eigenvalue weighted by Gasteiger charge is -2.38. The van der Waals surface area contributed by atoms with Crippen LogP contribution in [-0.2, 0) is 13.2 Å². The van der Waals surface area contributed by atoms with Crippen LogP contribution in [0, 0.1) is 12.7 Å². The van der Waals surface area contributed by atoms with E-state index in [2.05, 4.69) is 34.8 Å². The topological polar surface area (TPSA) is 28.6 Å². The third-order valence-corrected chi connectivity index (χ3v) is 5.32. The Morgan fingerprint density at radius 1 is 1.14 bits per heavy atom. The maximum Gasteiger partial charge on any atom is 0.148 e. The Morgan fingerprint density at radius 2 is 2.00 bits per heavy atom. The van der Waals surface area contributed by atoms with Gasteiger partial charge in [0.05, 0.1) is 6.67 Å². The first-order chi connectivity index (χ1) is 13.5. The third kappa shape index (κ3) is 3.62. The average Bonchev–Trinajstić information content (AvgIpc) is 2.69. The van der Waals surface area contributed by atoms with Gasteiger partial charge < -0.3 is 14.5 Å². The van der Waals surface area contributed by atoms with Gasteiger partial charge in [-0.15, -0.1) is 0 Å². The zero-order valence-corrected chi connectivity index (χ0v) is 16.6. The summed E-state index contributed by atoms with van der Waals surface area (Å²) in [5, 5.41) is 0.768. The van der Waals surface area contributed by atoms with Crippen molar-refractivity contribution in [1.29, 1.82) is 0 Å². The number of fused-ring (bicyclic) bond motifs is 1. The van der Waals surface area contributed by atoms with Gasteiger partial charge in [-0.2, -0.15) is 0 Å². The zero-order valence-electron chi connectivity index (χ0n) is 15.8. The SMILES string of the molecule is Cc1ccc(OCc2ncccc2F)cc1N1Cc2c(Cl)cccc2N(C)C1. The standard InChI is InChI=1S/C22H21ClFN3O/c1-15-8-9-16(28-13-20-19(24)6-4-10-25-20)11-22(15)27-12-17-18(23)5-3-7-21(17)26(2)14-27/h3-11H,12-14H2,1-2H3. The van der Waals surface area contributed by atoms with Crippen molar-refractivity contribution in [3.05, 3.63) is 82.4 Å². The molecule has 0 N–H and O–H groups in total. The number of anilines is 2. The van der Waals surface area contributed by atoms with Gasteiger partial charge in [-0.25, -0.2) is 4.39 Å². The van der Waals surface area contributed by atoms with Gasteiger partial charge in [0.2, 0.25) is 0 Å². The summed E-state index contributed by atoms with van der Waals surface area (Å²) in [6.07, 6.45) is 1.56. The Kier molecular flexibility index (Phi) is 5.09. The minimum Gasteiger partial charge on any atom is -0.487 e. The van der Waals surface area contributed by atoms with Gasteiger partial charge in [0, 0.05) is 47.8 Å². The van der Waals surface area contributed by atoms with Crippen LogP contribution in [0.15, 0.2) is 54.7 Å². The summed E-state index contributed by atoms with van der Waals surface area (Å²) in [5.41, 5.74) is 4.76. The van der Waals surface area contributed by atoms with Gasteiger partial charge >= 0.3 is 0 Å². The van der Waals surface area contributed by atoms with Gasteiger partial charge in [-0.05, 0) is 42.8 Å². The summed E-state index contributed by atoms with van der Waals surface area (Å²) in [6, 6.07) is 14.8. The molecule has 1 aliphatic rings. The fraction of sp³-hybridized carbons (Fsp3) is 0.227. The van der Waals surface area contributed by atoms with Crippen LogP contribution in [-0.4, -0.2) is 18.7 Å². The molecule has 4 nitrogen and oxygen atoms in total. The molecule has 0 saturated heterocycles. The van der Waals surface area contributed by atoms with Crippen LogP contribution in [0.1, 0.15) is 16.8 Å². The highest BCUT2D eigenvalue weighted by Crippen LogP contribution is 2.36. The molecule has 1 aromatic heterocycles. The van der Waals surface area contributed by atoms with E-state index in [1.807, 2.05) is 30.3 Å². The normalized spacial score (nSPS) is 13.4. The molecule has 4 rings (SSSR count). The molecule has 0 spiro atoms. The van der Waals surface area contributed by atoms with E-state index in [9.17, 15) is 4.39 Å². The zero-order chi connectivity index (χ0) is 19.7. The number of hydrogen-bond donors (Lipinski definition) is 0. The fourth-order valence-corrected chi connectivity index (χ4v) is 3.72. The maximum atomic E-state index is 13.8. The molecule has 0 bridgehead atoms. The molecular formula is C22H21ClFN3O. The van der Waals surface area contributed by atoms with E-state index in [1.165, 1.54) is 6.07 Å². The smallest absolute Gasteiger partial charge is 0.148 e. The lowest BCUT2D eigenvalue weighted by Crippen LogP contribution is -2.40. The number of pyridine rings is 1. The lowest BCUT2D eigenvalue weighted by molar-refractivity contribution is 0.294. The van der Waals surface area contributed by atoms with Crippen LogP contribution in [0.4, 0.5) is 15.8 Å². The fourth-order valence-electron chi connectivity index (χ4n) is 3.49. The predicted octanol–water partition coefficient (Wildman–Crippen LogP) is 5.18. The minimum absolute atomic E-state index is 0.0870. The van der Waals surface area contributed by atoms with Gasteiger partial charge in [-0.1, -0.05) is 23.7 Å². The molecule has 1 aliphatic heterocycles. The number of rotatable bonds is 4. The van der Waals surface area contributed by atoms with Crippen LogP contribution in [0.25, 0.3) is 0 Å².